The van der Waals surface area contributed by atoms with E-state index in [4.69, 9.17) is 11.6 Å². The first kappa shape index (κ1) is 12.2. The Morgan fingerprint density at radius 1 is 1.17 bits per heavy atom. The molecule has 1 aromatic rings. The molecule has 69 valence electrons. The van der Waals surface area contributed by atoms with Gasteiger partial charge in [-0.25, -0.2) is 0 Å². The molecule has 0 atom stereocenters. The van der Waals surface area contributed by atoms with Crippen LogP contribution in [0.5, 0.6) is 0 Å². The minimum absolute atomic E-state index is 0. The zero-order valence-electron chi connectivity index (χ0n) is 7.16. The van der Waals surface area contributed by atoms with Gasteiger partial charge in [-0.15, -0.1) is 11.6 Å². The van der Waals surface area contributed by atoms with Gasteiger partial charge in [-0.1, -0.05) is 38.1 Å². The van der Waals surface area contributed by atoms with Crippen LogP contribution in [0.1, 0.15) is 30.9 Å². The zero-order valence-corrected chi connectivity index (χ0v) is 9.47. The van der Waals surface area contributed by atoms with Gasteiger partial charge in [0.15, 0.2) is 0 Å². The summed E-state index contributed by atoms with van der Waals surface area (Å²) in [6.07, 6.45) is 0. The van der Waals surface area contributed by atoms with Gasteiger partial charge in [-0.3, -0.25) is 0 Å². The Morgan fingerprint density at radius 2 is 1.67 bits per heavy atom. The summed E-state index contributed by atoms with van der Waals surface area (Å²) in [4.78, 5) is 0. The van der Waals surface area contributed by atoms with E-state index in [0.29, 0.717) is 5.92 Å². The molecule has 12 heavy (non-hydrogen) atoms. The summed E-state index contributed by atoms with van der Waals surface area (Å²) in [5.74, 6) is 2.18. The summed E-state index contributed by atoms with van der Waals surface area (Å²) in [5, 5.41) is 0. The van der Waals surface area contributed by atoms with Crippen LogP contribution in [0.4, 0.5) is 0 Å². The Balaban J connectivity index is 0.00000121. The molecule has 0 spiro atoms. The standard InChI is InChI=1S/C10H12Cl.Pd/c1-8(2)10-5-3-9(7-11)4-6-10;/h3-8H,1-2H3;. The van der Waals surface area contributed by atoms with E-state index >= 15 is 0 Å². The van der Waals surface area contributed by atoms with Crippen molar-refractivity contribution in [1.29, 1.82) is 0 Å². The molecule has 0 aliphatic rings. The molecular weight excluding hydrogens is 262 g/mol. The molecule has 2 heteroatoms. The SMILES string of the molecule is CC(C)c1ccc([CH]Cl)cc1.[Pd]. The van der Waals surface area contributed by atoms with Gasteiger partial charge in [0.1, 0.15) is 0 Å². The summed E-state index contributed by atoms with van der Waals surface area (Å²) in [6.45, 7) is 4.36. The molecule has 0 fully saturated rings. The molecule has 1 radical (unpaired) electrons. The van der Waals surface area contributed by atoms with Gasteiger partial charge in [0.05, 0.1) is 5.88 Å². The number of halogens is 1. The molecule has 0 aliphatic carbocycles. The average molecular weight is 274 g/mol. The second-order valence-corrected chi connectivity index (χ2v) is 3.15. The molecule has 0 N–H and O–H groups in total. The van der Waals surface area contributed by atoms with Crippen molar-refractivity contribution in [2.45, 2.75) is 19.8 Å². The van der Waals surface area contributed by atoms with Crippen molar-refractivity contribution in [2.75, 3.05) is 0 Å². The first-order valence-electron chi connectivity index (χ1n) is 3.77. The second kappa shape index (κ2) is 5.76. The Labute approximate surface area is 93.0 Å². The molecule has 0 aromatic heterocycles. The van der Waals surface area contributed by atoms with Crippen molar-refractivity contribution in [3.63, 3.8) is 0 Å². The monoisotopic (exact) mass is 273 g/mol. The van der Waals surface area contributed by atoms with Crippen LogP contribution < -0.4 is 0 Å². The molecule has 0 nitrogen and oxygen atoms in total. The largest absolute Gasteiger partial charge is 0.116 e. The van der Waals surface area contributed by atoms with Crippen LogP contribution in [0.15, 0.2) is 24.3 Å². The van der Waals surface area contributed by atoms with Gasteiger partial charge in [0.25, 0.3) is 0 Å². The van der Waals surface area contributed by atoms with Crippen molar-refractivity contribution in [3.8, 4) is 0 Å². The molecular formula is C10H12ClPd. The minimum Gasteiger partial charge on any atom is -0.116 e. The Bertz CT molecular complexity index is 216. The third-order valence-electron chi connectivity index (χ3n) is 1.73. The second-order valence-electron chi connectivity index (χ2n) is 2.93. The fourth-order valence-corrected chi connectivity index (χ4v) is 1.10. The average Bonchev–Trinajstić information content (AvgIpc) is 2.05. The third-order valence-corrected chi connectivity index (χ3v) is 1.98. The summed E-state index contributed by atoms with van der Waals surface area (Å²) >= 11 is 5.53. The summed E-state index contributed by atoms with van der Waals surface area (Å²) < 4.78 is 0. The number of rotatable bonds is 2. The molecule has 0 heterocycles. The quantitative estimate of drug-likeness (QED) is 0.723. The predicted octanol–water partition coefficient (Wildman–Crippen LogP) is 3.56. The molecule has 0 aliphatic heterocycles. The molecule has 1 aromatic carbocycles. The topological polar surface area (TPSA) is 0 Å². The smallest absolute Gasteiger partial charge is 0.0790 e. The van der Waals surface area contributed by atoms with Crippen LogP contribution in [0.2, 0.25) is 0 Å². The van der Waals surface area contributed by atoms with E-state index in [1.807, 2.05) is 12.1 Å². The van der Waals surface area contributed by atoms with Gasteiger partial charge < -0.3 is 0 Å². The molecule has 0 amide bonds. The Morgan fingerprint density at radius 3 is 2.00 bits per heavy atom. The predicted molar refractivity (Wildman–Crippen MR) is 49.8 cm³/mol. The fourth-order valence-electron chi connectivity index (χ4n) is 0.954. The maximum Gasteiger partial charge on any atom is 0.0790 e. The Hall–Kier alpha value is 0.172. The summed E-state index contributed by atoms with van der Waals surface area (Å²) in [5.41, 5.74) is 2.42. The van der Waals surface area contributed by atoms with Crippen LogP contribution in [0.25, 0.3) is 0 Å². The summed E-state index contributed by atoms with van der Waals surface area (Å²) in [6, 6.07) is 8.28. The van der Waals surface area contributed by atoms with Crippen molar-refractivity contribution >= 4 is 11.6 Å². The number of benzene rings is 1. The molecule has 0 saturated heterocycles. The van der Waals surface area contributed by atoms with Gasteiger partial charge in [-0.2, -0.15) is 0 Å². The summed E-state index contributed by atoms with van der Waals surface area (Å²) in [7, 11) is 0. The maximum atomic E-state index is 5.53. The van der Waals surface area contributed by atoms with Gasteiger partial charge in [-0.05, 0) is 17.0 Å². The van der Waals surface area contributed by atoms with Crippen LogP contribution >= 0.6 is 11.6 Å². The van der Waals surface area contributed by atoms with Gasteiger partial charge in [0, 0.05) is 20.4 Å². The van der Waals surface area contributed by atoms with E-state index < -0.39 is 0 Å². The van der Waals surface area contributed by atoms with E-state index in [9.17, 15) is 0 Å². The maximum absolute atomic E-state index is 5.53. The minimum atomic E-state index is 0. The molecule has 1 rings (SSSR count). The molecule has 0 bridgehead atoms. The molecule has 0 unspecified atom stereocenters. The normalized spacial score (nSPS) is 9.67. The van der Waals surface area contributed by atoms with Crippen molar-refractivity contribution < 1.29 is 20.4 Å². The van der Waals surface area contributed by atoms with Crippen LogP contribution in [-0.2, 0) is 20.4 Å². The van der Waals surface area contributed by atoms with Crippen LogP contribution in [0.3, 0.4) is 0 Å². The van der Waals surface area contributed by atoms with E-state index in [1.54, 1.807) is 5.88 Å². The van der Waals surface area contributed by atoms with E-state index in [0.717, 1.165) is 5.56 Å². The van der Waals surface area contributed by atoms with Crippen LogP contribution in [0, 0.1) is 5.88 Å². The third kappa shape index (κ3) is 3.27. The van der Waals surface area contributed by atoms with Crippen LogP contribution in [-0.4, -0.2) is 0 Å². The van der Waals surface area contributed by atoms with E-state index in [2.05, 4.69) is 26.0 Å². The van der Waals surface area contributed by atoms with Gasteiger partial charge in [0.2, 0.25) is 0 Å². The van der Waals surface area contributed by atoms with Crippen molar-refractivity contribution in [3.05, 3.63) is 41.3 Å². The van der Waals surface area contributed by atoms with Gasteiger partial charge >= 0.3 is 0 Å². The number of hydrogen-bond acceptors (Lipinski definition) is 0. The fraction of sp³-hybridized carbons (Fsp3) is 0.300. The first-order valence-corrected chi connectivity index (χ1v) is 4.21. The number of hydrogen-bond donors (Lipinski definition) is 0. The van der Waals surface area contributed by atoms with Crippen molar-refractivity contribution in [1.82, 2.24) is 0 Å². The van der Waals surface area contributed by atoms with E-state index in [-0.39, 0.29) is 20.4 Å². The van der Waals surface area contributed by atoms with E-state index in [1.165, 1.54) is 5.56 Å². The Kier molecular flexibility index (Phi) is 5.84. The first-order chi connectivity index (χ1) is 5.24. The van der Waals surface area contributed by atoms with Crippen molar-refractivity contribution in [2.24, 2.45) is 0 Å². The molecule has 0 saturated carbocycles. The zero-order chi connectivity index (χ0) is 8.27.